The lowest BCUT2D eigenvalue weighted by molar-refractivity contribution is -0.117. The van der Waals surface area contributed by atoms with Crippen molar-refractivity contribution in [1.82, 2.24) is 19.6 Å². The summed E-state index contributed by atoms with van der Waals surface area (Å²) < 4.78 is 29.3. The highest BCUT2D eigenvalue weighted by atomic mass is 35.5. The van der Waals surface area contributed by atoms with Gasteiger partial charge < -0.3 is 5.32 Å². The molecule has 9 heteroatoms. The number of anilines is 1. The first-order chi connectivity index (χ1) is 13.9. The van der Waals surface area contributed by atoms with Crippen molar-refractivity contribution in [2.75, 3.05) is 5.32 Å². The number of nitrogens with zero attached hydrogens (tertiary/aromatic N) is 4. The SMILES string of the molecule is Cc1cccc(Cn2cc(NC(=O)Cn3nc(C(F)F)c(Cl)c3C3CC3)cn2)c1. The van der Waals surface area contributed by atoms with Crippen LogP contribution >= 0.6 is 11.6 Å². The van der Waals surface area contributed by atoms with Gasteiger partial charge in [-0.25, -0.2) is 8.78 Å². The number of hydrogen-bond donors (Lipinski definition) is 1. The fourth-order valence-electron chi connectivity index (χ4n) is 3.33. The van der Waals surface area contributed by atoms with Crippen LogP contribution in [0.1, 0.15) is 47.7 Å². The minimum Gasteiger partial charge on any atom is -0.322 e. The molecule has 1 amide bonds. The zero-order valence-corrected chi connectivity index (χ0v) is 16.5. The highest BCUT2D eigenvalue weighted by Gasteiger charge is 2.34. The number of carbonyl (C=O) groups excluding carboxylic acids is 1. The lowest BCUT2D eigenvalue weighted by atomic mass is 10.1. The Labute approximate surface area is 171 Å². The van der Waals surface area contributed by atoms with Crippen LogP contribution in [0.5, 0.6) is 0 Å². The Hall–Kier alpha value is -2.74. The molecule has 1 aliphatic rings. The zero-order valence-electron chi connectivity index (χ0n) is 15.8. The molecule has 0 unspecified atom stereocenters. The normalized spacial score (nSPS) is 13.8. The van der Waals surface area contributed by atoms with Crippen molar-refractivity contribution in [3.05, 3.63) is 64.2 Å². The van der Waals surface area contributed by atoms with Gasteiger partial charge in [-0.05, 0) is 25.3 Å². The number of halogens is 3. The molecule has 4 rings (SSSR count). The maximum absolute atomic E-state index is 13.1. The molecule has 1 fully saturated rings. The average molecular weight is 420 g/mol. The zero-order chi connectivity index (χ0) is 20.5. The van der Waals surface area contributed by atoms with Gasteiger partial charge in [0.2, 0.25) is 5.91 Å². The summed E-state index contributed by atoms with van der Waals surface area (Å²) in [6, 6.07) is 8.09. The molecular formula is C20H20ClF2N5O. The van der Waals surface area contributed by atoms with Crippen molar-refractivity contribution in [2.45, 2.75) is 45.2 Å². The van der Waals surface area contributed by atoms with Gasteiger partial charge in [0.05, 0.1) is 29.1 Å². The quantitative estimate of drug-likeness (QED) is 0.611. The van der Waals surface area contributed by atoms with Crippen molar-refractivity contribution in [1.29, 1.82) is 0 Å². The Balaban J connectivity index is 1.43. The molecule has 2 heterocycles. The van der Waals surface area contributed by atoms with Crippen LogP contribution < -0.4 is 5.32 Å². The Bertz CT molecular complexity index is 1040. The van der Waals surface area contributed by atoms with Gasteiger partial charge in [-0.3, -0.25) is 14.2 Å². The van der Waals surface area contributed by atoms with E-state index in [-0.39, 0.29) is 23.4 Å². The lowest BCUT2D eigenvalue weighted by Crippen LogP contribution is -2.20. The van der Waals surface area contributed by atoms with Gasteiger partial charge in [0.25, 0.3) is 6.43 Å². The molecule has 1 N–H and O–H groups in total. The van der Waals surface area contributed by atoms with Gasteiger partial charge in [0, 0.05) is 12.1 Å². The smallest absolute Gasteiger partial charge is 0.283 e. The fraction of sp³-hybridized carbons (Fsp3) is 0.350. The van der Waals surface area contributed by atoms with Gasteiger partial charge >= 0.3 is 0 Å². The van der Waals surface area contributed by atoms with Crippen LogP contribution in [0.4, 0.5) is 14.5 Å². The third-order valence-electron chi connectivity index (χ3n) is 4.76. The molecule has 0 saturated heterocycles. The van der Waals surface area contributed by atoms with E-state index in [1.807, 2.05) is 25.1 Å². The van der Waals surface area contributed by atoms with Crippen LogP contribution in [0.15, 0.2) is 36.7 Å². The third kappa shape index (κ3) is 4.48. The fourth-order valence-corrected chi connectivity index (χ4v) is 3.70. The standard InChI is InChI=1S/C20H20ClF2N5O/c1-12-3-2-4-13(7-12)9-27-10-15(8-24-27)25-16(29)11-28-19(14-5-6-14)17(21)18(26-28)20(22)23/h2-4,7-8,10,14,20H,5-6,9,11H2,1H3,(H,25,29). The van der Waals surface area contributed by atoms with Gasteiger partial charge in [-0.2, -0.15) is 10.2 Å². The number of amides is 1. The van der Waals surface area contributed by atoms with Gasteiger partial charge in [-0.1, -0.05) is 41.4 Å². The van der Waals surface area contributed by atoms with Crippen molar-refractivity contribution >= 4 is 23.2 Å². The molecule has 6 nitrogen and oxygen atoms in total. The average Bonchev–Trinajstić information content (AvgIpc) is 3.31. The predicted octanol–water partition coefficient (Wildman–Crippen LogP) is 4.54. The molecular weight excluding hydrogens is 400 g/mol. The summed E-state index contributed by atoms with van der Waals surface area (Å²) in [5.74, 6) is -0.283. The number of alkyl halides is 2. The number of nitrogens with one attached hydrogen (secondary N) is 1. The second kappa shape index (κ2) is 7.94. The monoisotopic (exact) mass is 419 g/mol. The van der Waals surface area contributed by atoms with E-state index < -0.39 is 12.1 Å². The van der Waals surface area contributed by atoms with E-state index in [9.17, 15) is 13.6 Å². The molecule has 0 bridgehead atoms. The molecule has 2 aromatic heterocycles. The van der Waals surface area contributed by atoms with Gasteiger partial charge in [0.1, 0.15) is 12.2 Å². The highest BCUT2D eigenvalue weighted by Crippen LogP contribution is 2.45. The van der Waals surface area contributed by atoms with E-state index >= 15 is 0 Å². The Morgan fingerprint density at radius 2 is 2.17 bits per heavy atom. The maximum Gasteiger partial charge on any atom is 0.283 e. The topological polar surface area (TPSA) is 64.7 Å². The largest absolute Gasteiger partial charge is 0.322 e. The molecule has 3 aromatic rings. The van der Waals surface area contributed by atoms with Crippen molar-refractivity contribution in [2.24, 2.45) is 0 Å². The van der Waals surface area contributed by atoms with E-state index in [4.69, 9.17) is 11.6 Å². The summed E-state index contributed by atoms with van der Waals surface area (Å²) in [6.07, 6.45) is 2.23. The number of rotatable bonds is 7. The van der Waals surface area contributed by atoms with Crippen molar-refractivity contribution < 1.29 is 13.6 Å². The first kappa shape index (κ1) is 19.6. The summed E-state index contributed by atoms with van der Waals surface area (Å²) in [7, 11) is 0. The Morgan fingerprint density at radius 3 is 2.86 bits per heavy atom. The summed E-state index contributed by atoms with van der Waals surface area (Å²) >= 11 is 6.09. The summed E-state index contributed by atoms with van der Waals surface area (Å²) in [5.41, 5.74) is 2.85. The molecule has 0 aliphatic heterocycles. The number of aryl methyl sites for hydroxylation is 1. The molecule has 0 atom stereocenters. The summed E-state index contributed by atoms with van der Waals surface area (Å²) in [6.45, 7) is 2.42. The van der Waals surface area contributed by atoms with Crippen LogP contribution in [0.3, 0.4) is 0 Å². The van der Waals surface area contributed by atoms with Crippen LogP contribution in [-0.2, 0) is 17.9 Å². The number of carbonyl (C=O) groups is 1. The molecule has 0 spiro atoms. The number of hydrogen-bond acceptors (Lipinski definition) is 3. The van der Waals surface area contributed by atoms with Gasteiger partial charge in [-0.15, -0.1) is 0 Å². The van der Waals surface area contributed by atoms with E-state index in [1.54, 1.807) is 17.1 Å². The highest BCUT2D eigenvalue weighted by molar-refractivity contribution is 6.32. The second-order valence-corrected chi connectivity index (χ2v) is 7.66. The third-order valence-corrected chi connectivity index (χ3v) is 5.15. The molecule has 1 aromatic carbocycles. The molecule has 29 heavy (non-hydrogen) atoms. The molecule has 1 saturated carbocycles. The Kier molecular flexibility index (Phi) is 5.36. The van der Waals surface area contributed by atoms with E-state index in [2.05, 4.69) is 21.6 Å². The van der Waals surface area contributed by atoms with Gasteiger partial charge in [0.15, 0.2) is 0 Å². The number of aromatic nitrogens is 4. The Morgan fingerprint density at radius 1 is 1.38 bits per heavy atom. The van der Waals surface area contributed by atoms with Crippen LogP contribution in [0, 0.1) is 6.92 Å². The first-order valence-corrected chi connectivity index (χ1v) is 9.70. The van der Waals surface area contributed by atoms with Crippen molar-refractivity contribution in [3.8, 4) is 0 Å². The molecule has 1 aliphatic carbocycles. The lowest BCUT2D eigenvalue weighted by Gasteiger charge is -2.07. The van der Waals surface area contributed by atoms with Crippen LogP contribution in [-0.4, -0.2) is 25.5 Å². The summed E-state index contributed by atoms with van der Waals surface area (Å²) in [4.78, 5) is 12.4. The minimum absolute atomic E-state index is 0.0266. The van der Waals surface area contributed by atoms with Crippen LogP contribution in [0.25, 0.3) is 0 Å². The van der Waals surface area contributed by atoms with Crippen molar-refractivity contribution in [3.63, 3.8) is 0 Å². The summed E-state index contributed by atoms with van der Waals surface area (Å²) in [5, 5.41) is 10.8. The van der Waals surface area contributed by atoms with Crippen LogP contribution in [0.2, 0.25) is 5.02 Å². The minimum atomic E-state index is -2.77. The maximum atomic E-state index is 13.1. The second-order valence-electron chi connectivity index (χ2n) is 7.28. The van der Waals surface area contributed by atoms with E-state index in [0.29, 0.717) is 17.9 Å². The van der Waals surface area contributed by atoms with E-state index in [0.717, 1.165) is 24.0 Å². The number of benzene rings is 1. The molecule has 0 radical (unpaired) electrons. The van der Waals surface area contributed by atoms with E-state index in [1.165, 1.54) is 4.68 Å². The first-order valence-electron chi connectivity index (χ1n) is 9.33. The predicted molar refractivity (Wildman–Crippen MR) is 105 cm³/mol. The molecule has 152 valence electrons.